The maximum absolute atomic E-state index is 13.7. The Labute approximate surface area is 150 Å². The normalized spacial score (nSPS) is 16.7. The Morgan fingerprint density at radius 1 is 1.26 bits per heavy atom. The summed E-state index contributed by atoms with van der Waals surface area (Å²) >= 11 is 7.69. The zero-order chi connectivity index (χ0) is 15.5. The first kappa shape index (κ1) is 18.5. The molecular weight excluding hydrogens is 358 g/mol. The van der Waals surface area contributed by atoms with E-state index in [0.717, 1.165) is 36.1 Å². The van der Waals surface area contributed by atoms with Crippen LogP contribution in [0.4, 0.5) is 4.39 Å². The number of piperazine rings is 1. The van der Waals surface area contributed by atoms with Crippen LogP contribution in [0.25, 0.3) is 0 Å². The first-order valence-electron chi connectivity index (χ1n) is 7.22. The molecule has 0 saturated carbocycles. The van der Waals surface area contributed by atoms with Gasteiger partial charge in [0.15, 0.2) is 11.6 Å². The van der Waals surface area contributed by atoms with Crippen molar-refractivity contribution < 1.29 is 9.13 Å². The van der Waals surface area contributed by atoms with E-state index in [1.165, 1.54) is 18.1 Å². The van der Waals surface area contributed by atoms with Crippen molar-refractivity contribution >= 4 is 35.3 Å². The van der Waals surface area contributed by atoms with Crippen LogP contribution in [0.15, 0.2) is 30.3 Å². The van der Waals surface area contributed by atoms with Gasteiger partial charge in [0.2, 0.25) is 0 Å². The van der Waals surface area contributed by atoms with E-state index in [1.807, 2.05) is 12.1 Å². The second-order valence-electron chi connectivity index (χ2n) is 5.22. The minimum Gasteiger partial charge on any atom is -0.494 e. The van der Waals surface area contributed by atoms with Crippen molar-refractivity contribution in [1.82, 2.24) is 10.2 Å². The van der Waals surface area contributed by atoms with Gasteiger partial charge in [0.25, 0.3) is 0 Å². The van der Waals surface area contributed by atoms with E-state index in [1.54, 1.807) is 17.4 Å². The van der Waals surface area contributed by atoms with E-state index >= 15 is 0 Å². The van der Waals surface area contributed by atoms with Gasteiger partial charge in [0.05, 0.1) is 17.5 Å². The third-order valence-electron chi connectivity index (χ3n) is 3.87. The number of rotatable bonds is 4. The molecule has 1 N–H and O–H groups in total. The number of methoxy groups -OCH3 is 1. The van der Waals surface area contributed by atoms with Gasteiger partial charge in [-0.15, -0.1) is 23.7 Å². The monoisotopic (exact) mass is 376 g/mol. The lowest BCUT2D eigenvalue weighted by molar-refractivity contribution is 0.200. The molecule has 3 rings (SSSR count). The summed E-state index contributed by atoms with van der Waals surface area (Å²) in [6, 6.07) is 9.13. The van der Waals surface area contributed by atoms with Crippen LogP contribution in [0, 0.1) is 5.82 Å². The zero-order valence-corrected chi connectivity index (χ0v) is 15.1. The topological polar surface area (TPSA) is 24.5 Å². The lowest BCUT2D eigenvalue weighted by Crippen LogP contribution is -2.45. The predicted molar refractivity (Wildman–Crippen MR) is 95.8 cm³/mol. The average molecular weight is 377 g/mol. The molecule has 1 atom stereocenters. The smallest absolute Gasteiger partial charge is 0.165 e. The molecule has 1 aromatic carbocycles. The lowest BCUT2D eigenvalue weighted by atomic mass is 10.0. The summed E-state index contributed by atoms with van der Waals surface area (Å²) in [6.07, 6.45) is 0. The Kier molecular flexibility index (Phi) is 6.68. The number of ether oxygens (including phenoxy) is 1. The summed E-state index contributed by atoms with van der Waals surface area (Å²) in [5.41, 5.74) is 1.03. The van der Waals surface area contributed by atoms with Gasteiger partial charge in [-0.25, -0.2) is 4.39 Å². The molecule has 1 aliphatic rings. The van der Waals surface area contributed by atoms with Crippen LogP contribution in [-0.4, -0.2) is 38.2 Å². The molecule has 23 heavy (non-hydrogen) atoms. The first-order chi connectivity index (χ1) is 10.7. The molecule has 126 valence electrons. The molecule has 2 heterocycles. The average Bonchev–Trinajstić information content (AvgIpc) is 2.96. The predicted octanol–water partition coefficient (Wildman–Crippen LogP) is 3.97. The molecule has 0 aliphatic carbocycles. The highest BCUT2D eigenvalue weighted by molar-refractivity contribution is 7.16. The molecule has 3 nitrogen and oxygen atoms in total. The lowest BCUT2D eigenvalue weighted by Gasteiger charge is -2.34. The molecule has 0 unspecified atom stereocenters. The number of hydrogen-bond donors (Lipinski definition) is 1. The van der Waals surface area contributed by atoms with Crippen molar-refractivity contribution in [2.45, 2.75) is 6.04 Å². The number of thiophene rings is 1. The molecule has 0 spiro atoms. The van der Waals surface area contributed by atoms with Gasteiger partial charge in [-0.1, -0.05) is 17.7 Å². The van der Waals surface area contributed by atoms with E-state index in [0.29, 0.717) is 0 Å². The highest BCUT2D eigenvalue weighted by atomic mass is 35.5. The van der Waals surface area contributed by atoms with Gasteiger partial charge in [0, 0.05) is 31.1 Å². The Morgan fingerprint density at radius 2 is 2.00 bits per heavy atom. The van der Waals surface area contributed by atoms with Crippen LogP contribution in [0.2, 0.25) is 4.34 Å². The Balaban J connectivity index is 0.00000192. The molecule has 1 saturated heterocycles. The van der Waals surface area contributed by atoms with E-state index in [2.05, 4.69) is 16.3 Å². The maximum Gasteiger partial charge on any atom is 0.165 e. The zero-order valence-electron chi connectivity index (χ0n) is 12.7. The Hall–Kier alpha value is -0.850. The van der Waals surface area contributed by atoms with E-state index in [9.17, 15) is 4.39 Å². The van der Waals surface area contributed by atoms with Gasteiger partial charge in [0.1, 0.15) is 0 Å². The van der Waals surface area contributed by atoms with Crippen LogP contribution < -0.4 is 10.1 Å². The quantitative estimate of drug-likeness (QED) is 0.873. The van der Waals surface area contributed by atoms with Crippen LogP contribution >= 0.6 is 35.3 Å². The number of nitrogens with one attached hydrogen (secondary N) is 1. The van der Waals surface area contributed by atoms with Gasteiger partial charge in [-0.05, 0) is 29.8 Å². The highest BCUT2D eigenvalue weighted by Crippen LogP contribution is 2.37. The van der Waals surface area contributed by atoms with Crippen molar-refractivity contribution in [3.8, 4) is 5.75 Å². The third kappa shape index (κ3) is 4.17. The van der Waals surface area contributed by atoms with Crippen molar-refractivity contribution in [2.75, 3.05) is 33.3 Å². The van der Waals surface area contributed by atoms with Crippen molar-refractivity contribution in [3.63, 3.8) is 0 Å². The van der Waals surface area contributed by atoms with Gasteiger partial charge < -0.3 is 10.1 Å². The summed E-state index contributed by atoms with van der Waals surface area (Å²) < 4.78 is 19.6. The summed E-state index contributed by atoms with van der Waals surface area (Å²) in [4.78, 5) is 3.56. The molecule has 0 bridgehead atoms. The SMILES string of the molecule is COc1cc([C@H](c2ccc(Cl)s2)N2CCNCC2)ccc1F.Cl. The van der Waals surface area contributed by atoms with Crippen molar-refractivity contribution in [3.05, 3.63) is 50.9 Å². The molecule has 0 amide bonds. The Bertz CT molecular complexity index is 647. The van der Waals surface area contributed by atoms with Crippen molar-refractivity contribution in [2.24, 2.45) is 0 Å². The minimum atomic E-state index is -0.338. The largest absolute Gasteiger partial charge is 0.494 e. The molecule has 1 aliphatic heterocycles. The van der Waals surface area contributed by atoms with Crippen LogP contribution in [0.1, 0.15) is 16.5 Å². The maximum atomic E-state index is 13.7. The fourth-order valence-corrected chi connectivity index (χ4v) is 4.04. The van der Waals surface area contributed by atoms with Gasteiger partial charge in [-0.2, -0.15) is 0 Å². The van der Waals surface area contributed by atoms with Crippen LogP contribution in [-0.2, 0) is 0 Å². The summed E-state index contributed by atoms with van der Waals surface area (Å²) in [6.45, 7) is 3.79. The Morgan fingerprint density at radius 3 is 2.61 bits per heavy atom. The molecule has 1 fully saturated rings. The number of hydrogen-bond acceptors (Lipinski definition) is 4. The van der Waals surface area contributed by atoms with Gasteiger partial charge >= 0.3 is 0 Å². The summed E-state index contributed by atoms with van der Waals surface area (Å²) in [7, 11) is 1.49. The standard InChI is InChI=1S/C16H18ClFN2OS.ClH/c1-21-13-10-11(2-3-12(13)18)16(14-4-5-15(17)22-14)20-8-6-19-7-9-20;/h2-5,10,16,19H,6-9H2,1H3;1H/t16-;/m1./s1. The summed E-state index contributed by atoms with van der Waals surface area (Å²) in [5, 5.41) is 3.36. The van der Waals surface area contributed by atoms with Gasteiger partial charge in [-0.3, -0.25) is 4.90 Å². The van der Waals surface area contributed by atoms with E-state index in [4.69, 9.17) is 16.3 Å². The molecule has 2 aromatic rings. The summed E-state index contributed by atoms with van der Waals surface area (Å²) in [5.74, 6) is -0.0604. The molecular formula is C16H19Cl2FN2OS. The number of nitrogens with zero attached hydrogens (tertiary/aromatic N) is 1. The molecule has 1 aromatic heterocycles. The number of halogens is 3. The third-order valence-corrected chi connectivity index (χ3v) is 5.15. The van der Waals surface area contributed by atoms with Crippen molar-refractivity contribution in [1.29, 1.82) is 0 Å². The minimum absolute atomic E-state index is 0. The van der Waals surface area contributed by atoms with Crippen LogP contribution in [0.3, 0.4) is 0 Å². The first-order valence-corrected chi connectivity index (χ1v) is 8.42. The molecule has 0 radical (unpaired) electrons. The van der Waals surface area contributed by atoms with E-state index in [-0.39, 0.29) is 30.0 Å². The molecule has 7 heteroatoms. The highest BCUT2D eigenvalue weighted by Gasteiger charge is 2.26. The van der Waals surface area contributed by atoms with E-state index < -0.39 is 0 Å². The fraction of sp³-hybridized carbons (Fsp3) is 0.375. The second kappa shape index (κ2) is 8.31. The fourth-order valence-electron chi connectivity index (χ4n) is 2.82. The number of benzene rings is 1. The van der Waals surface area contributed by atoms with Crippen LogP contribution in [0.5, 0.6) is 5.75 Å². The second-order valence-corrected chi connectivity index (χ2v) is 6.97.